The number of carbonyl (C=O) groups excluding carboxylic acids is 2. The Morgan fingerprint density at radius 1 is 1.19 bits per heavy atom. The van der Waals surface area contributed by atoms with Crippen LogP contribution in [0.2, 0.25) is 0 Å². The third-order valence-electron chi connectivity index (χ3n) is 3.54. The molecule has 1 fully saturated rings. The molecule has 1 aliphatic heterocycles. The van der Waals surface area contributed by atoms with Crippen LogP contribution in [0.4, 0.5) is 0 Å². The highest BCUT2D eigenvalue weighted by molar-refractivity contribution is 5.99. The lowest BCUT2D eigenvalue weighted by Crippen LogP contribution is -2.46. The Bertz CT molecular complexity index is 498. The van der Waals surface area contributed by atoms with E-state index in [0.29, 0.717) is 17.7 Å². The normalized spacial score (nSPS) is 15.5. The van der Waals surface area contributed by atoms with E-state index in [9.17, 15) is 9.59 Å². The summed E-state index contributed by atoms with van der Waals surface area (Å²) in [4.78, 5) is 25.9. The van der Waals surface area contributed by atoms with E-state index in [2.05, 4.69) is 20.9 Å². The van der Waals surface area contributed by atoms with Crippen LogP contribution >= 0.6 is 0 Å². The monoisotopic (exact) mass is 290 g/mol. The van der Waals surface area contributed by atoms with Gasteiger partial charge in [0, 0.05) is 57.4 Å². The van der Waals surface area contributed by atoms with Crippen molar-refractivity contribution in [2.75, 3.05) is 46.3 Å². The second-order valence-electron chi connectivity index (χ2n) is 5.01. The van der Waals surface area contributed by atoms with Crippen molar-refractivity contribution in [3.05, 3.63) is 35.4 Å². The first-order chi connectivity index (χ1) is 10.2. The molecule has 1 aliphatic rings. The van der Waals surface area contributed by atoms with Crippen molar-refractivity contribution in [1.82, 2.24) is 20.9 Å². The molecule has 114 valence electrons. The van der Waals surface area contributed by atoms with Crippen molar-refractivity contribution in [2.45, 2.75) is 0 Å². The van der Waals surface area contributed by atoms with E-state index in [1.54, 1.807) is 31.3 Å². The predicted molar refractivity (Wildman–Crippen MR) is 81.5 cm³/mol. The van der Waals surface area contributed by atoms with Gasteiger partial charge in [-0.1, -0.05) is 6.07 Å². The predicted octanol–water partition coefficient (Wildman–Crippen LogP) is -0.319. The minimum atomic E-state index is -0.189. The number of hydrogen-bond donors (Lipinski definition) is 3. The Labute approximate surface area is 124 Å². The SMILES string of the molecule is CNC(=O)c1cccc(C(=O)NCCN2CCNCC2)c1. The Morgan fingerprint density at radius 2 is 1.86 bits per heavy atom. The van der Waals surface area contributed by atoms with Gasteiger partial charge in [-0.05, 0) is 18.2 Å². The smallest absolute Gasteiger partial charge is 0.251 e. The number of amides is 2. The van der Waals surface area contributed by atoms with Gasteiger partial charge in [0.05, 0.1) is 0 Å². The van der Waals surface area contributed by atoms with E-state index in [0.717, 1.165) is 32.7 Å². The van der Waals surface area contributed by atoms with Crippen LogP contribution < -0.4 is 16.0 Å². The summed E-state index contributed by atoms with van der Waals surface area (Å²) in [7, 11) is 1.57. The topological polar surface area (TPSA) is 73.5 Å². The zero-order valence-electron chi connectivity index (χ0n) is 12.3. The van der Waals surface area contributed by atoms with Crippen LogP contribution in [0.1, 0.15) is 20.7 Å². The molecule has 6 nitrogen and oxygen atoms in total. The van der Waals surface area contributed by atoms with Crippen molar-refractivity contribution >= 4 is 11.8 Å². The number of piperazine rings is 1. The third kappa shape index (κ3) is 4.54. The van der Waals surface area contributed by atoms with Gasteiger partial charge in [0.2, 0.25) is 0 Å². The molecule has 0 aromatic heterocycles. The van der Waals surface area contributed by atoms with Gasteiger partial charge in [-0.2, -0.15) is 0 Å². The molecule has 1 aromatic rings. The van der Waals surface area contributed by atoms with E-state index in [1.165, 1.54) is 0 Å². The first kappa shape index (κ1) is 15.5. The molecule has 2 amide bonds. The molecule has 0 aliphatic carbocycles. The molecule has 0 spiro atoms. The van der Waals surface area contributed by atoms with Gasteiger partial charge in [-0.25, -0.2) is 0 Å². The van der Waals surface area contributed by atoms with Gasteiger partial charge >= 0.3 is 0 Å². The maximum Gasteiger partial charge on any atom is 0.251 e. The average Bonchev–Trinajstić information content (AvgIpc) is 2.55. The molecule has 2 rings (SSSR count). The Hall–Kier alpha value is -1.92. The molecule has 1 heterocycles. The summed E-state index contributed by atoms with van der Waals surface area (Å²) < 4.78 is 0. The van der Waals surface area contributed by atoms with Crippen LogP contribution in [0.25, 0.3) is 0 Å². The third-order valence-corrected chi connectivity index (χ3v) is 3.54. The zero-order valence-corrected chi connectivity index (χ0v) is 12.3. The molecule has 21 heavy (non-hydrogen) atoms. The first-order valence-electron chi connectivity index (χ1n) is 7.24. The van der Waals surface area contributed by atoms with E-state index < -0.39 is 0 Å². The summed E-state index contributed by atoms with van der Waals surface area (Å²) in [5.41, 5.74) is 1.00. The highest BCUT2D eigenvalue weighted by Crippen LogP contribution is 2.05. The number of nitrogens with zero attached hydrogens (tertiary/aromatic N) is 1. The molecule has 0 unspecified atom stereocenters. The Kier molecular flexibility index (Phi) is 5.71. The molecule has 0 bridgehead atoms. The number of benzene rings is 1. The summed E-state index contributed by atoms with van der Waals surface area (Å²) in [5.74, 6) is -0.332. The highest BCUT2D eigenvalue weighted by atomic mass is 16.2. The summed E-state index contributed by atoms with van der Waals surface area (Å²) in [6.07, 6.45) is 0. The van der Waals surface area contributed by atoms with Crippen molar-refractivity contribution in [3.63, 3.8) is 0 Å². The second-order valence-corrected chi connectivity index (χ2v) is 5.01. The molecule has 6 heteroatoms. The molecule has 1 saturated heterocycles. The van der Waals surface area contributed by atoms with E-state index >= 15 is 0 Å². The van der Waals surface area contributed by atoms with Gasteiger partial charge in [-0.3, -0.25) is 14.5 Å². The molecule has 0 saturated carbocycles. The van der Waals surface area contributed by atoms with Crippen molar-refractivity contribution in [2.24, 2.45) is 0 Å². The largest absolute Gasteiger partial charge is 0.355 e. The van der Waals surface area contributed by atoms with Gasteiger partial charge in [-0.15, -0.1) is 0 Å². The van der Waals surface area contributed by atoms with Crippen LogP contribution in [-0.2, 0) is 0 Å². The maximum absolute atomic E-state index is 12.1. The van der Waals surface area contributed by atoms with Crippen LogP contribution in [0, 0.1) is 0 Å². The lowest BCUT2D eigenvalue weighted by atomic mass is 10.1. The van der Waals surface area contributed by atoms with Crippen LogP contribution in [-0.4, -0.2) is 63.0 Å². The number of nitrogens with one attached hydrogen (secondary N) is 3. The maximum atomic E-state index is 12.1. The fourth-order valence-electron chi connectivity index (χ4n) is 2.31. The number of carbonyl (C=O) groups is 2. The van der Waals surface area contributed by atoms with E-state index in [-0.39, 0.29) is 11.8 Å². The van der Waals surface area contributed by atoms with Crippen molar-refractivity contribution < 1.29 is 9.59 Å². The molecular formula is C15H22N4O2. The lowest BCUT2D eigenvalue weighted by molar-refractivity contribution is 0.0947. The van der Waals surface area contributed by atoms with E-state index in [4.69, 9.17) is 0 Å². The molecule has 0 radical (unpaired) electrons. The second kappa shape index (κ2) is 7.75. The average molecular weight is 290 g/mol. The number of rotatable bonds is 5. The molecule has 1 aromatic carbocycles. The standard InChI is InChI=1S/C15H22N4O2/c1-16-14(20)12-3-2-4-13(11-12)15(21)18-7-10-19-8-5-17-6-9-19/h2-4,11,17H,5-10H2,1H3,(H,16,20)(H,18,21). The van der Waals surface area contributed by atoms with Crippen molar-refractivity contribution in [3.8, 4) is 0 Å². The fourth-order valence-corrected chi connectivity index (χ4v) is 2.31. The molecule has 3 N–H and O–H groups in total. The van der Waals surface area contributed by atoms with Gasteiger partial charge < -0.3 is 16.0 Å². The Morgan fingerprint density at radius 3 is 2.52 bits per heavy atom. The quantitative estimate of drug-likeness (QED) is 0.695. The summed E-state index contributed by atoms with van der Waals surface area (Å²) in [6.45, 7) is 5.50. The van der Waals surface area contributed by atoms with Gasteiger partial charge in [0.25, 0.3) is 11.8 Å². The zero-order chi connectivity index (χ0) is 15.1. The Balaban J connectivity index is 1.83. The van der Waals surface area contributed by atoms with Crippen LogP contribution in [0.5, 0.6) is 0 Å². The van der Waals surface area contributed by atoms with Gasteiger partial charge in [0.15, 0.2) is 0 Å². The molecular weight excluding hydrogens is 268 g/mol. The lowest BCUT2D eigenvalue weighted by Gasteiger charge is -2.27. The highest BCUT2D eigenvalue weighted by Gasteiger charge is 2.11. The summed E-state index contributed by atoms with van der Waals surface area (Å²) >= 11 is 0. The minimum absolute atomic E-state index is 0.143. The summed E-state index contributed by atoms with van der Waals surface area (Å²) in [5, 5.41) is 8.74. The van der Waals surface area contributed by atoms with Crippen molar-refractivity contribution in [1.29, 1.82) is 0 Å². The fraction of sp³-hybridized carbons (Fsp3) is 0.467. The summed E-state index contributed by atoms with van der Waals surface area (Å²) in [6, 6.07) is 6.73. The number of hydrogen-bond acceptors (Lipinski definition) is 4. The van der Waals surface area contributed by atoms with Gasteiger partial charge in [0.1, 0.15) is 0 Å². The van der Waals surface area contributed by atoms with Crippen LogP contribution in [0.3, 0.4) is 0 Å². The van der Waals surface area contributed by atoms with Crippen LogP contribution in [0.15, 0.2) is 24.3 Å². The van der Waals surface area contributed by atoms with E-state index in [1.807, 2.05) is 0 Å². The first-order valence-corrected chi connectivity index (χ1v) is 7.24. The molecule has 0 atom stereocenters. The minimum Gasteiger partial charge on any atom is -0.355 e.